The Morgan fingerprint density at radius 3 is 2.78 bits per heavy atom. The third-order valence-corrected chi connectivity index (χ3v) is 3.59. The van der Waals surface area contributed by atoms with E-state index < -0.39 is 5.97 Å². The van der Waals surface area contributed by atoms with Crippen LogP contribution in [0.3, 0.4) is 0 Å². The summed E-state index contributed by atoms with van der Waals surface area (Å²) in [6.07, 6.45) is 8.42. The van der Waals surface area contributed by atoms with Gasteiger partial charge in [0.2, 0.25) is 0 Å². The summed E-state index contributed by atoms with van der Waals surface area (Å²) in [6, 6.07) is 0.685. The van der Waals surface area contributed by atoms with E-state index in [9.17, 15) is 4.79 Å². The Bertz CT molecular complexity index is 395. The van der Waals surface area contributed by atoms with Crippen LogP contribution in [-0.4, -0.2) is 22.1 Å². The number of hydrogen-bond donors (Lipinski definition) is 2. The third kappa shape index (κ3) is 3.24. The fourth-order valence-corrected chi connectivity index (χ4v) is 2.62. The molecule has 1 saturated carbocycles. The van der Waals surface area contributed by atoms with Crippen molar-refractivity contribution in [3.8, 4) is 0 Å². The molecule has 100 valence electrons. The Morgan fingerprint density at radius 1 is 1.50 bits per heavy atom. The zero-order chi connectivity index (χ0) is 13.0. The molecule has 0 saturated heterocycles. The summed E-state index contributed by atoms with van der Waals surface area (Å²) in [5, 5.41) is 11.9. The van der Waals surface area contributed by atoms with Crippen molar-refractivity contribution in [2.24, 2.45) is 5.92 Å². The number of oxazole rings is 1. The Kier molecular flexibility index (Phi) is 4.23. The lowest BCUT2D eigenvalue weighted by atomic mass is 9.83. The van der Waals surface area contributed by atoms with Crippen molar-refractivity contribution in [1.29, 1.82) is 0 Å². The van der Waals surface area contributed by atoms with E-state index in [0.29, 0.717) is 12.1 Å². The number of aromatic nitrogens is 1. The number of nitrogens with one attached hydrogen (secondary N) is 1. The Morgan fingerprint density at radius 2 is 2.22 bits per heavy atom. The van der Waals surface area contributed by atoms with Gasteiger partial charge in [-0.3, -0.25) is 0 Å². The van der Waals surface area contributed by atoms with Crippen molar-refractivity contribution in [3.63, 3.8) is 0 Å². The molecule has 0 spiro atoms. The first kappa shape index (κ1) is 12.9. The van der Waals surface area contributed by atoms with Crippen molar-refractivity contribution >= 4 is 12.0 Å². The van der Waals surface area contributed by atoms with Gasteiger partial charge >= 0.3 is 5.97 Å². The highest BCUT2D eigenvalue weighted by atomic mass is 16.4. The van der Waals surface area contributed by atoms with Gasteiger partial charge in [0.25, 0.3) is 6.01 Å². The van der Waals surface area contributed by atoms with Gasteiger partial charge in [-0.15, -0.1) is 0 Å². The van der Waals surface area contributed by atoms with Crippen molar-refractivity contribution in [2.45, 2.75) is 51.5 Å². The van der Waals surface area contributed by atoms with Crippen LogP contribution in [0.5, 0.6) is 0 Å². The van der Waals surface area contributed by atoms with Crippen LogP contribution < -0.4 is 5.32 Å². The molecule has 0 radical (unpaired) electrons. The topological polar surface area (TPSA) is 75.4 Å². The second kappa shape index (κ2) is 5.89. The standard InChI is InChI=1S/C13H20N2O3/c1-2-3-9-4-6-10(7-5-9)14-13-15-11(8-18-13)12(16)17/h8-10H,2-7H2,1H3,(H,14,15)(H,16,17). The Labute approximate surface area is 107 Å². The number of anilines is 1. The first-order valence-corrected chi connectivity index (χ1v) is 6.64. The molecule has 1 aliphatic rings. The molecular weight excluding hydrogens is 232 g/mol. The van der Waals surface area contributed by atoms with Crippen LogP contribution in [0.2, 0.25) is 0 Å². The number of carboxylic acid groups (broad SMARTS) is 1. The molecule has 0 unspecified atom stereocenters. The maximum atomic E-state index is 10.7. The lowest BCUT2D eigenvalue weighted by Gasteiger charge is -2.28. The second-order valence-electron chi connectivity index (χ2n) is 4.99. The Balaban J connectivity index is 1.82. The normalized spacial score (nSPS) is 23.8. The van der Waals surface area contributed by atoms with E-state index in [0.717, 1.165) is 18.8 Å². The zero-order valence-electron chi connectivity index (χ0n) is 10.7. The van der Waals surface area contributed by atoms with Gasteiger partial charge in [0.1, 0.15) is 6.26 Å². The Hall–Kier alpha value is -1.52. The lowest BCUT2D eigenvalue weighted by Crippen LogP contribution is -2.26. The largest absolute Gasteiger partial charge is 0.476 e. The van der Waals surface area contributed by atoms with Crippen LogP contribution in [0.4, 0.5) is 6.01 Å². The summed E-state index contributed by atoms with van der Waals surface area (Å²) >= 11 is 0. The number of carbonyl (C=O) groups is 1. The number of nitrogens with zero attached hydrogens (tertiary/aromatic N) is 1. The third-order valence-electron chi connectivity index (χ3n) is 3.59. The molecule has 1 aromatic rings. The van der Waals surface area contributed by atoms with E-state index >= 15 is 0 Å². The molecule has 1 fully saturated rings. The van der Waals surface area contributed by atoms with E-state index in [1.54, 1.807) is 0 Å². The molecule has 2 rings (SSSR count). The van der Waals surface area contributed by atoms with E-state index in [1.165, 1.54) is 31.9 Å². The fraction of sp³-hybridized carbons (Fsp3) is 0.692. The van der Waals surface area contributed by atoms with E-state index in [4.69, 9.17) is 9.52 Å². The minimum Gasteiger partial charge on any atom is -0.476 e. The van der Waals surface area contributed by atoms with Gasteiger partial charge in [0.05, 0.1) is 0 Å². The smallest absolute Gasteiger partial charge is 0.357 e. The predicted octanol–water partition coefficient (Wildman–Crippen LogP) is 3.14. The van der Waals surface area contributed by atoms with Gasteiger partial charge in [0.15, 0.2) is 5.69 Å². The molecule has 0 aromatic carbocycles. The first-order valence-electron chi connectivity index (χ1n) is 6.64. The van der Waals surface area contributed by atoms with Crippen molar-refractivity contribution in [3.05, 3.63) is 12.0 Å². The SMILES string of the molecule is CCCC1CCC(Nc2nc(C(=O)O)co2)CC1. The van der Waals surface area contributed by atoms with Gasteiger partial charge < -0.3 is 14.8 Å². The number of hydrogen-bond acceptors (Lipinski definition) is 4. The highest BCUT2D eigenvalue weighted by Gasteiger charge is 2.22. The highest BCUT2D eigenvalue weighted by Crippen LogP contribution is 2.29. The summed E-state index contributed by atoms with van der Waals surface area (Å²) in [6.45, 7) is 2.23. The lowest BCUT2D eigenvalue weighted by molar-refractivity contribution is 0.0690. The molecule has 1 aromatic heterocycles. The average molecular weight is 252 g/mol. The van der Waals surface area contributed by atoms with E-state index in [2.05, 4.69) is 17.2 Å². The van der Waals surface area contributed by atoms with Crippen LogP contribution in [0, 0.1) is 5.92 Å². The summed E-state index contributed by atoms with van der Waals surface area (Å²) in [5.74, 6) is -0.203. The quantitative estimate of drug-likeness (QED) is 0.842. The molecule has 0 bridgehead atoms. The number of aromatic carboxylic acids is 1. The van der Waals surface area contributed by atoms with Crippen LogP contribution in [0.1, 0.15) is 55.9 Å². The minimum atomic E-state index is -1.06. The molecule has 0 aliphatic heterocycles. The van der Waals surface area contributed by atoms with E-state index in [-0.39, 0.29) is 5.69 Å². The fourth-order valence-electron chi connectivity index (χ4n) is 2.62. The van der Waals surface area contributed by atoms with Gasteiger partial charge in [-0.05, 0) is 31.6 Å². The monoisotopic (exact) mass is 252 g/mol. The van der Waals surface area contributed by atoms with Crippen molar-refractivity contribution in [1.82, 2.24) is 4.98 Å². The average Bonchev–Trinajstić information content (AvgIpc) is 2.81. The molecule has 5 nitrogen and oxygen atoms in total. The molecule has 0 amide bonds. The second-order valence-corrected chi connectivity index (χ2v) is 4.99. The summed E-state index contributed by atoms with van der Waals surface area (Å²) in [4.78, 5) is 14.6. The van der Waals surface area contributed by atoms with Crippen LogP contribution in [-0.2, 0) is 0 Å². The maximum absolute atomic E-state index is 10.7. The van der Waals surface area contributed by atoms with Gasteiger partial charge in [-0.25, -0.2) is 4.79 Å². The molecule has 0 atom stereocenters. The minimum absolute atomic E-state index is 0.0443. The zero-order valence-corrected chi connectivity index (χ0v) is 10.7. The maximum Gasteiger partial charge on any atom is 0.357 e. The summed E-state index contributed by atoms with van der Waals surface area (Å²) in [5.41, 5.74) is -0.0443. The van der Waals surface area contributed by atoms with Crippen molar-refractivity contribution in [2.75, 3.05) is 5.32 Å². The van der Waals surface area contributed by atoms with Crippen LogP contribution in [0.25, 0.3) is 0 Å². The predicted molar refractivity (Wildman–Crippen MR) is 67.7 cm³/mol. The molecular formula is C13H20N2O3. The van der Waals surface area contributed by atoms with Gasteiger partial charge in [-0.2, -0.15) is 4.98 Å². The van der Waals surface area contributed by atoms with E-state index in [1.807, 2.05) is 0 Å². The first-order chi connectivity index (χ1) is 8.69. The highest BCUT2D eigenvalue weighted by molar-refractivity contribution is 5.85. The van der Waals surface area contributed by atoms with Crippen LogP contribution >= 0.6 is 0 Å². The molecule has 1 heterocycles. The molecule has 5 heteroatoms. The van der Waals surface area contributed by atoms with Crippen molar-refractivity contribution < 1.29 is 14.3 Å². The van der Waals surface area contributed by atoms with Gasteiger partial charge in [0, 0.05) is 6.04 Å². The van der Waals surface area contributed by atoms with Gasteiger partial charge in [-0.1, -0.05) is 19.8 Å². The number of rotatable bonds is 5. The molecule has 1 aliphatic carbocycles. The van der Waals surface area contributed by atoms with Crippen LogP contribution in [0.15, 0.2) is 10.7 Å². The summed E-state index contributed by atoms with van der Waals surface area (Å²) < 4.78 is 5.10. The molecule has 18 heavy (non-hydrogen) atoms. The number of carboxylic acids is 1. The molecule has 2 N–H and O–H groups in total. The summed E-state index contributed by atoms with van der Waals surface area (Å²) in [7, 11) is 0.